The van der Waals surface area contributed by atoms with Crippen LogP contribution in [0.5, 0.6) is 0 Å². The van der Waals surface area contributed by atoms with Gasteiger partial charge in [-0.05, 0) is 33.0 Å². The predicted octanol–water partition coefficient (Wildman–Crippen LogP) is 1.40. The zero-order valence-electron chi connectivity index (χ0n) is 5.64. The van der Waals surface area contributed by atoms with Crippen LogP contribution in [0.4, 0.5) is 0 Å². The highest BCUT2D eigenvalue weighted by Gasteiger charge is 2.15. The molecule has 0 spiro atoms. The smallest absolute Gasteiger partial charge is 0.147 e. The summed E-state index contributed by atoms with van der Waals surface area (Å²) < 4.78 is 11.1. The van der Waals surface area contributed by atoms with Crippen molar-refractivity contribution in [1.29, 1.82) is 0 Å². The largest absolute Gasteiger partial charge is 0.306 e. The van der Waals surface area contributed by atoms with Gasteiger partial charge in [0.25, 0.3) is 0 Å². The Bertz CT molecular complexity index is 99.2. The molecule has 0 N–H and O–H groups in total. The summed E-state index contributed by atoms with van der Waals surface area (Å²) >= 11 is -0.710. The molecule has 9 heavy (non-hydrogen) atoms. The molecule has 1 rings (SSSR count). The van der Waals surface area contributed by atoms with Gasteiger partial charge in [0, 0.05) is 3.92 Å². The van der Waals surface area contributed by atoms with Gasteiger partial charge in [0.1, 0.15) is 21.2 Å². The molecule has 1 aliphatic heterocycles. The molecule has 1 saturated heterocycles. The first kappa shape index (κ1) is 7.60. The van der Waals surface area contributed by atoms with Crippen molar-refractivity contribution in [2.75, 3.05) is 20.1 Å². The fourth-order valence-electron chi connectivity index (χ4n) is 1.07. The lowest BCUT2D eigenvalue weighted by molar-refractivity contribution is 0.286. The number of rotatable bonds is 1. The molecular formula is C6H12INO. The van der Waals surface area contributed by atoms with Crippen LogP contribution in [0.25, 0.3) is 0 Å². The second-order valence-electron chi connectivity index (χ2n) is 2.57. The zero-order chi connectivity index (χ0) is 6.69. The lowest BCUT2D eigenvalue weighted by Gasteiger charge is -2.24. The van der Waals surface area contributed by atoms with Gasteiger partial charge in [-0.1, -0.05) is 0 Å². The highest BCUT2D eigenvalue weighted by Crippen LogP contribution is 2.20. The molecule has 0 atom stereocenters. The molecule has 0 unspecified atom stereocenters. The van der Waals surface area contributed by atoms with E-state index in [0.29, 0.717) is 3.92 Å². The number of nitrogens with zero attached hydrogens (tertiary/aromatic N) is 1. The molecule has 0 aliphatic carbocycles. The monoisotopic (exact) mass is 241 g/mol. The van der Waals surface area contributed by atoms with E-state index in [-0.39, 0.29) is 0 Å². The molecule has 0 saturated carbocycles. The van der Waals surface area contributed by atoms with Gasteiger partial charge in [-0.3, -0.25) is 3.07 Å². The molecule has 3 heteroatoms. The van der Waals surface area contributed by atoms with Crippen molar-refractivity contribution >= 4 is 21.2 Å². The molecule has 0 bridgehead atoms. The minimum absolute atomic E-state index is 0.583. The van der Waals surface area contributed by atoms with Crippen LogP contribution < -0.4 is 0 Å². The van der Waals surface area contributed by atoms with Crippen LogP contribution in [-0.2, 0) is 3.07 Å². The normalized spacial score (nSPS) is 24.6. The van der Waals surface area contributed by atoms with Crippen molar-refractivity contribution in [2.24, 2.45) is 0 Å². The van der Waals surface area contributed by atoms with Gasteiger partial charge in [-0.25, -0.2) is 0 Å². The van der Waals surface area contributed by atoms with Crippen molar-refractivity contribution in [1.82, 2.24) is 4.90 Å². The topological polar surface area (TPSA) is 20.3 Å². The third-order valence-corrected chi connectivity index (χ3v) is 3.74. The Balaban J connectivity index is 2.26. The van der Waals surface area contributed by atoms with E-state index < -0.39 is 21.2 Å². The van der Waals surface area contributed by atoms with E-state index in [2.05, 4.69) is 11.9 Å². The van der Waals surface area contributed by atoms with E-state index in [4.69, 9.17) is 0 Å². The molecule has 1 fully saturated rings. The predicted molar refractivity (Wildman–Crippen MR) is 45.2 cm³/mol. The lowest BCUT2D eigenvalue weighted by atomic mass is 10.1. The molecule has 0 aromatic rings. The highest BCUT2D eigenvalue weighted by molar-refractivity contribution is 14.1. The SMILES string of the molecule is CN1CCC(I=O)CC1. The Kier molecular flexibility index (Phi) is 3.04. The number of halogens is 1. The molecule has 0 amide bonds. The van der Waals surface area contributed by atoms with Gasteiger partial charge in [0.15, 0.2) is 0 Å². The summed E-state index contributed by atoms with van der Waals surface area (Å²) in [4.78, 5) is 2.30. The summed E-state index contributed by atoms with van der Waals surface area (Å²) in [6, 6.07) is 0. The number of likely N-dealkylation sites (tertiary alicyclic amines) is 1. The van der Waals surface area contributed by atoms with E-state index in [0.717, 1.165) is 25.9 Å². The standard InChI is InChI=1S/C6H12INO/c1-8-4-2-6(7-9)3-5-8/h6H,2-5H2,1H3. The van der Waals surface area contributed by atoms with Crippen molar-refractivity contribution in [2.45, 2.75) is 16.8 Å². The third-order valence-electron chi connectivity index (χ3n) is 1.77. The van der Waals surface area contributed by atoms with Gasteiger partial charge in [0.05, 0.1) is 0 Å². The average molecular weight is 241 g/mol. The quantitative estimate of drug-likeness (QED) is 0.510. The third kappa shape index (κ3) is 2.29. The first-order valence-corrected chi connectivity index (χ1v) is 5.40. The van der Waals surface area contributed by atoms with Gasteiger partial charge < -0.3 is 4.90 Å². The second kappa shape index (κ2) is 3.61. The molecule has 2 nitrogen and oxygen atoms in total. The van der Waals surface area contributed by atoms with Gasteiger partial charge in [-0.15, -0.1) is 0 Å². The van der Waals surface area contributed by atoms with Crippen LogP contribution in [0.3, 0.4) is 0 Å². The maximum atomic E-state index is 10.5. The first-order valence-electron chi connectivity index (χ1n) is 3.27. The van der Waals surface area contributed by atoms with E-state index >= 15 is 0 Å². The minimum Gasteiger partial charge on any atom is -0.306 e. The molecule has 0 radical (unpaired) electrons. The average Bonchev–Trinajstić information content (AvgIpc) is 1.90. The van der Waals surface area contributed by atoms with E-state index in [1.165, 1.54) is 0 Å². The number of hydrogen-bond acceptors (Lipinski definition) is 2. The lowest BCUT2D eigenvalue weighted by Crippen LogP contribution is -2.30. The summed E-state index contributed by atoms with van der Waals surface area (Å²) in [5, 5.41) is 0. The Labute approximate surface area is 66.3 Å². The number of hydrogen-bond donors (Lipinski definition) is 0. The molecular weight excluding hydrogens is 229 g/mol. The first-order chi connectivity index (χ1) is 4.33. The summed E-state index contributed by atoms with van der Waals surface area (Å²) in [6.45, 7) is 2.29. The van der Waals surface area contributed by atoms with Crippen LogP contribution in [0.15, 0.2) is 0 Å². The summed E-state index contributed by atoms with van der Waals surface area (Å²) in [5.41, 5.74) is 0. The van der Waals surface area contributed by atoms with Crippen LogP contribution in [0.2, 0.25) is 0 Å². The Morgan fingerprint density at radius 1 is 1.44 bits per heavy atom. The van der Waals surface area contributed by atoms with Crippen LogP contribution in [0, 0.1) is 0 Å². The van der Waals surface area contributed by atoms with Crippen LogP contribution in [0.1, 0.15) is 12.8 Å². The van der Waals surface area contributed by atoms with Crippen LogP contribution >= 0.6 is 21.2 Å². The van der Waals surface area contributed by atoms with Crippen molar-refractivity contribution in [3.8, 4) is 0 Å². The fraction of sp³-hybridized carbons (Fsp3) is 1.00. The minimum atomic E-state index is -0.710. The Hall–Kier alpha value is 0.490. The summed E-state index contributed by atoms with van der Waals surface area (Å²) in [7, 11) is 2.12. The molecule has 0 aromatic carbocycles. The highest BCUT2D eigenvalue weighted by atomic mass is 127. The molecule has 1 aliphatic rings. The van der Waals surface area contributed by atoms with Crippen molar-refractivity contribution < 1.29 is 3.07 Å². The number of alkyl halides is 1. The molecule has 1 heterocycles. The maximum Gasteiger partial charge on any atom is 0.147 e. The van der Waals surface area contributed by atoms with Crippen molar-refractivity contribution in [3.63, 3.8) is 0 Å². The van der Waals surface area contributed by atoms with Gasteiger partial charge >= 0.3 is 0 Å². The van der Waals surface area contributed by atoms with E-state index in [1.54, 1.807) is 0 Å². The van der Waals surface area contributed by atoms with E-state index in [1.807, 2.05) is 0 Å². The number of piperidine rings is 1. The van der Waals surface area contributed by atoms with Gasteiger partial charge in [0.2, 0.25) is 0 Å². The van der Waals surface area contributed by atoms with Crippen LogP contribution in [-0.4, -0.2) is 29.0 Å². The van der Waals surface area contributed by atoms with E-state index in [9.17, 15) is 3.07 Å². The Morgan fingerprint density at radius 2 is 2.00 bits per heavy atom. The Morgan fingerprint density at radius 3 is 2.44 bits per heavy atom. The fourth-order valence-corrected chi connectivity index (χ4v) is 2.13. The summed E-state index contributed by atoms with van der Waals surface area (Å²) in [6.07, 6.45) is 2.32. The second-order valence-corrected chi connectivity index (χ2v) is 4.84. The van der Waals surface area contributed by atoms with Crippen molar-refractivity contribution in [3.05, 3.63) is 0 Å². The van der Waals surface area contributed by atoms with Gasteiger partial charge in [-0.2, -0.15) is 0 Å². The summed E-state index contributed by atoms with van der Waals surface area (Å²) in [5.74, 6) is 0. The molecule has 0 aromatic heterocycles. The zero-order valence-corrected chi connectivity index (χ0v) is 7.80. The maximum absolute atomic E-state index is 10.5. The molecule has 54 valence electrons.